The molecule has 0 aromatic heterocycles. The molecular weight excluding hydrogens is 222 g/mol. The fourth-order valence-electron chi connectivity index (χ4n) is 2.00. The molecular formula is C16H19NO. The van der Waals surface area contributed by atoms with E-state index in [-0.39, 0.29) is 5.78 Å². The van der Waals surface area contributed by atoms with Crippen LogP contribution in [0.15, 0.2) is 41.5 Å². The molecule has 1 aromatic rings. The first-order valence-corrected chi connectivity index (χ1v) is 6.46. The molecule has 0 fully saturated rings. The summed E-state index contributed by atoms with van der Waals surface area (Å²) >= 11 is 0. The lowest BCUT2D eigenvalue weighted by molar-refractivity contribution is 0.103. The molecule has 0 aliphatic carbocycles. The van der Waals surface area contributed by atoms with Crippen LogP contribution in [0.4, 0.5) is 0 Å². The van der Waals surface area contributed by atoms with E-state index in [0.717, 1.165) is 31.3 Å². The number of rotatable bonds is 6. The van der Waals surface area contributed by atoms with Crippen molar-refractivity contribution in [3.63, 3.8) is 0 Å². The summed E-state index contributed by atoms with van der Waals surface area (Å²) in [6, 6.07) is 11.1. The van der Waals surface area contributed by atoms with Crippen molar-refractivity contribution < 1.29 is 4.79 Å². The fourth-order valence-corrected chi connectivity index (χ4v) is 2.00. The third-order valence-corrected chi connectivity index (χ3v) is 2.83. The molecule has 0 unspecified atom stereocenters. The summed E-state index contributed by atoms with van der Waals surface area (Å²) < 4.78 is 0. The molecule has 0 atom stereocenters. The summed E-state index contributed by atoms with van der Waals surface area (Å²) in [4.78, 5) is 12.3. The van der Waals surface area contributed by atoms with Crippen LogP contribution in [-0.2, 0) is 0 Å². The quantitative estimate of drug-likeness (QED) is 0.423. The Morgan fingerprint density at radius 1 is 1.11 bits per heavy atom. The average Bonchev–Trinajstić information content (AvgIpc) is 2.41. The third kappa shape index (κ3) is 3.56. The van der Waals surface area contributed by atoms with Crippen molar-refractivity contribution in [3.8, 4) is 6.07 Å². The van der Waals surface area contributed by atoms with E-state index in [4.69, 9.17) is 0 Å². The number of carbonyl (C=O) groups is 1. The molecule has 0 saturated heterocycles. The van der Waals surface area contributed by atoms with Gasteiger partial charge in [0.25, 0.3) is 0 Å². The number of ketones is 1. The predicted molar refractivity (Wildman–Crippen MR) is 73.2 cm³/mol. The van der Waals surface area contributed by atoms with Gasteiger partial charge in [0.2, 0.25) is 5.78 Å². The van der Waals surface area contributed by atoms with Gasteiger partial charge in [0.15, 0.2) is 0 Å². The minimum atomic E-state index is -0.144. The molecule has 0 heterocycles. The molecule has 94 valence electrons. The maximum absolute atomic E-state index is 12.3. The summed E-state index contributed by atoms with van der Waals surface area (Å²) in [6.07, 6.45) is 3.58. The second-order valence-corrected chi connectivity index (χ2v) is 4.29. The zero-order chi connectivity index (χ0) is 13.4. The largest absolute Gasteiger partial charge is 0.288 e. The number of Topliss-reactive ketones (excluding diaryl/α,β-unsaturated/α-hetero) is 1. The van der Waals surface area contributed by atoms with Gasteiger partial charge >= 0.3 is 0 Å². The van der Waals surface area contributed by atoms with E-state index in [1.54, 1.807) is 12.1 Å². The number of carbonyl (C=O) groups excluding carboxylic acids is 1. The maximum atomic E-state index is 12.3. The van der Waals surface area contributed by atoms with Crippen LogP contribution in [0.2, 0.25) is 0 Å². The molecule has 1 rings (SSSR count). The van der Waals surface area contributed by atoms with Crippen LogP contribution >= 0.6 is 0 Å². The molecule has 18 heavy (non-hydrogen) atoms. The second-order valence-electron chi connectivity index (χ2n) is 4.29. The van der Waals surface area contributed by atoms with Gasteiger partial charge in [0, 0.05) is 5.56 Å². The van der Waals surface area contributed by atoms with Crippen LogP contribution in [0.25, 0.3) is 0 Å². The van der Waals surface area contributed by atoms with Gasteiger partial charge in [-0.25, -0.2) is 0 Å². The van der Waals surface area contributed by atoms with E-state index in [0.29, 0.717) is 11.1 Å². The zero-order valence-electron chi connectivity index (χ0n) is 11.1. The van der Waals surface area contributed by atoms with Crippen molar-refractivity contribution in [1.82, 2.24) is 0 Å². The van der Waals surface area contributed by atoms with Crippen molar-refractivity contribution >= 4 is 5.78 Å². The molecule has 0 bridgehead atoms. The number of benzene rings is 1. The molecule has 1 aromatic carbocycles. The van der Waals surface area contributed by atoms with E-state index in [1.165, 1.54) is 0 Å². The van der Waals surface area contributed by atoms with Crippen molar-refractivity contribution in [3.05, 3.63) is 47.0 Å². The SMILES string of the molecule is CCCC(CCC)=C(C#N)C(=O)c1ccccc1. The lowest BCUT2D eigenvalue weighted by atomic mass is 9.94. The lowest BCUT2D eigenvalue weighted by Gasteiger charge is -2.08. The summed E-state index contributed by atoms with van der Waals surface area (Å²) in [5, 5.41) is 9.25. The van der Waals surface area contributed by atoms with Gasteiger partial charge in [-0.05, 0) is 18.4 Å². The Bertz CT molecular complexity index is 458. The first-order valence-electron chi connectivity index (χ1n) is 6.46. The highest BCUT2D eigenvalue weighted by atomic mass is 16.1. The number of allylic oxidation sites excluding steroid dienone is 2. The van der Waals surface area contributed by atoms with Gasteiger partial charge in [-0.1, -0.05) is 57.0 Å². The number of nitriles is 1. The Hall–Kier alpha value is -1.88. The van der Waals surface area contributed by atoms with E-state index in [1.807, 2.05) is 18.2 Å². The topological polar surface area (TPSA) is 40.9 Å². The second kappa shape index (κ2) is 7.45. The summed E-state index contributed by atoms with van der Waals surface area (Å²) in [7, 11) is 0. The molecule has 0 amide bonds. The average molecular weight is 241 g/mol. The Morgan fingerprint density at radius 2 is 1.67 bits per heavy atom. The Morgan fingerprint density at radius 3 is 2.11 bits per heavy atom. The maximum Gasteiger partial charge on any atom is 0.203 e. The molecule has 0 aliphatic heterocycles. The normalized spacial score (nSPS) is 9.61. The van der Waals surface area contributed by atoms with Crippen molar-refractivity contribution in [2.45, 2.75) is 39.5 Å². The molecule has 2 heteroatoms. The molecule has 0 aliphatic rings. The van der Waals surface area contributed by atoms with Gasteiger partial charge < -0.3 is 0 Å². The molecule has 2 nitrogen and oxygen atoms in total. The molecule has 0 N–H and O–H groups in total. The van der Waals surface area contributed by atoms with E-state index in [2.05, 4.69) is 19.9 Å². The van der Waals surface area contributed by atoms with Gasteiger partial charge in [0.1, 0.15) is 6.07 Å². The lowest BCUT2D eigenvalue weighted by Crippen LogP contribution is -2.05. The smallest absolute Gasteiger partial charge is 0.203 e. The fraction of sp³-hybridized carbons (Fsp3) is 0.375. The number of hydrogen-bond acceptors (Lipinski definition) is 2. The van der Waals surface area contributed by atoms with Crippen molar-refractivity contribution in [1.29, 1.82) is 5.26 Å². The van der Waals surface area contributed by atoms with Crippen LogP contribution in [0.5, 0.6) is 0 Å². The van der Waals surface area contributed by atoms with Crippen molar-refractivity contribution in [2.75, 3.05) is 0 Å². The van der Waals surface area contributed by atoms with Crippen LogP contribution in [0, 0.1) is 11.3 Å². The predicted octanol–water partition coefficient (Wildman–Crippen LogP) is 4.29. The van der Waals surface area contributed by atoms with E-state index < -0.39 is 0 Å². The highest BCUT2D eigenvalue weighted by Crippen LogP contribution is 2.20. The van der Waals surface area contributed by atoms with Crippen molar-refractivity contribution in [2.24, 2.45) is 0 Å². The van der Waals surface area contributed by atoms with E-state index >= 15 is 0 Å². The van der Waals surface area contributed by atoms with Gasteiger partial charge in [0.05, 0.1) is 5.57 Å². The summed E-state index contributed by atoms with van der Waals surface area (Å²) in [6.45, 7) is 4.13. The molecule has 0 saturated carbocycles. The molecule has 0 spiro atoms. The van der Waals surface area contributed by atoms with Gasteiger partial charge in [-0.15, -0.1) is 0 Å². The zero-order valence-corrected chi connectivity index (χ0v) is 11.1. The Kier molecular flexibility index (Phi) is 5.87. The Labute approximate surface area is 109 Å². The minimum Gasteiger partial charge on any atom is -0.288 e. The van der Waals surface area contributed by atoms with Crippen LogP contribution < -0.4 is 0 Å². The summed E-state index contributed by atoms with van der Waals surface area (Å²) in [5.41, 5.74) is 1.93. The Balaban J connectivity index is 3.12. The standard InChI is InChI=1S/C16H19NO/c1-3-8-13(9-4-2)15(12-17)16(18)14-10-6-5-7-11-14/h5-7,10-11H,3-4,8-9H2,1-2H3. The molecule has 0 radical (unpaired) electrons. The first-order chi connectivity index (χ1) is 8.74. The highest BCUT2D eigenvalue weighted by molar-refractivity contribution is 6.11. The first kappa shape index (κ1) is 14.2. The van der Waals surface area contributed by atoms with Gasteiger partial charge in [-0.2, -0.15) is 5.26 Å². The van der Waals surface area contributed by atoms with Crippen LogP contribution in [0.1, 0.15) is 49.9 Å². The minimum absolute atomic E-state index is 0.144. The highest BCUT2D eigenvalue weighted by Gasteiger charge is 2.15. The third-order valence-electron chi connectivity index (χ3n) is 2.83. The van der Waals surface area contributed by atoms with E-state index in [9.17, 15) is 10.1 Å². The van der Waals surface area contributed by atoms with Crippen LogP contribution in [-0.4, -0.2) is 5.78 Å². The van der Waals surface area contributed by atoms with Crippen LogP contribution in [0.3, 0.4) is 0 Å². The number of nitrogens with zero attached hydrogens (tertiary/aromatic N) is 1. The number of hydrogen-bond donors (Lipinski definition) is 0. The van der Waals surface area contributed by atoms with Gasteiger partial charge in [-0.3, -0.25) is 4.79 Å². The monoisotopic (exact) mass is 241 g/mol. The summed E-state index contributed by atoms with van der Waals surface area (Å²) in [5.74, 6) is -0.144.